The number of anilines is 1. The predicted octanol–water partition coefficient (Wildman–Crippen LogP) is 5.08. The van der Waals surface area contributed by atoms with Gasteiger partial charge in [0.15, 0.2) is 0 Å². The van der Waals surface area contributed by atoms with Crippen LogP contribution in [0.25, 0.3) is 10.9 Å². The van der Waals surface area contributed by atoms with Gasteiger partial charge in [0, 0.05) is 43.3 Å². The minimum atomic E-state index is 0. The standard InChI is InChI=1S/C21H33N3O.ClH/c1-15(2)12-24(13-16(3)4)14-17(5)23-20-11-19(25-6)10-18-8-7-9-22-21(18)20;/h7-11,15-17,23H,12-14H2,1-6H3;1H. The second kappa shape index (κ2) is 10.6. The Labute approximate surface area is 164 Å². The number of ether oxygens (including phenoxy) is 1. The molecule has 1 atom stereocenters. The largest absolute Gasteiger partial charge is 0.497 e. The van der Waals surface area contributed by atoms with Gasteiger partial charge in [0.1, 0.15) is 5.75 Å². The van der Waals surface area contributed by atoms with E-state index < -0.39 is 0 Å². The Bertz CT molecular complexity index is 665. The first-order valence-electron chi connectivity index (χ1n) is 9.30. The zero-order valence-corrected chi connectivity index (χ0v) is 17.8. The van der Waals surface area contributed by atoms with Crippen LogP contribution in [-0.4, -0.2) is 42.7 Å². The fourth-order valence-electron chi connectivity index (χ4n) is 3.35. The third-order valence-corrected chi connectivity index (χ3v) is 4.09. The monoisotopic (exact) mass is 379 g/mol. The molecule has 0 aliphatic carbocycles. The van der Waals surface area contributed by atoms with Gasteiger partial charge >= 0.3 is 0 Å². The van der Waals surface area contributed by atoms with E-state index in [1.807, 2.05) is 24.4 Å². The van der Waals surface area contributed by atoms with Gasteiger partial charge in [-0.25, -0.2) is 0 Å². The number of pyridine rings is 1. The summed E-state index contributed by atoms with van der Waals surface area (Å²) in [7, 11) is 1.71. The molecule has 0 amide bonds. The quantitative estimate of drug-likeness (QED) is 0.659. The normalized spacial score (nSPS) is 12.5. The molecule has 0 spiro atoms. The molecule has 1 aromatic heterocycles. The topological polar surface area (TPSA) is 37.4 Å². The van der Waals surface area contributed by atoms with Crippen molar-refractivity contribution < 1.29 is 4.74 Å². The fraction of sp³-hybridized carbons (Fsp3) is 0.571. The van der Waals surface area contributed by atoms with Crippen LogP contribution in [0.1, 0.15) is 34.6 Å². The molecule has 1 aromatic carbocycles. The van der Waals surface area contributed by atoms with Crippen molar-refractivity contribution in [3.05, 3.63) is 30.5 Å². The molecule has 0 saturated heterocycles. The van der Waals surface area contributed by atoms with Gasteiger partial charge in [-0.3, -0.25) is 4.98 Å². The van der Waals surface area contributed by atoms with Gasteiger partial charge < -0.3 is 15.0 Å². The van der Waals surface area contributed by atoms with E-state index in [0.717, 1.165) is 42.0 Å². The van der Waals surface area contributed by atoms with Crippen LogP contribution in [0.4, 0.5) is 5.69 Å². The maximum atomic E-state index is 5.45. The third-order valence-electron chi connectivity index (χ3n) is 4.09. The number of halogens is 1. The van der Waals surface area contributed by atoms with Crippen molar-refractivity contribution >= 4 is 29.0 Å². The predicted molar refractivity (Wildman–Crippen MR) is 115 cm³/mol. The van der Waals surface area contributed by atoms with Crippen LogP contribution < -0.4 is 10.1 Å². The van der Waals surface area contributed by atoms with E-state index in [1.165, 1.54) is 0 Å². The number of aromatic nitrogens is 1. The first kappa shape index (κ1) is 22.5. The lowest BCUT2D eigenvalue weighted by Gasteiger charge is -2.29. The molecule has 0 bridgehead atoms. The molecule has 26 heavy (non-hydrogen) atoms. The molecule has 5 heteroatoms. The van der Waals surface area contributed by atoms with E-state index in [4.69, 9.17) is 4.74 Å². The third kappa shape index (κ3) is 6.65. The lowest BCUT2D eigenvalue weighted by molar-refractivity contribution is 0.214. The van der Waals surface area contributed by atoms with Crippen molar-refractivity contribution in [2.24, 2.45) is 11.8 Å². The minimum absolute atomic E-state index is 0. The molecule has 1 unspecified atom stereocenters. The van der Waals surface area contributed by atoms with E-state index in [2.05, 4.69) is 55.9 Å². The molecule has 0 saturated carbocycles. The van der Waals surface area contributed by atoms with Crippen molar-refractivity contribution in [3.63, 3.8) is 0 Å². The molecule has 1 N–H and O–H groups in total. The van der Waals surface area contributed by atoms with Crippen molar-refractivity contribution in [1.82, 2.24) is 9.88 Å². The van der Waals surface area contributed by atoms with Crippen molar-refractivity contribution in [2.75, 3.05) is 32.1 Å². The smallest absolute Gasteiger partial charge is 0.121 e. The second-order valence-corrected chi connectivity index (χ2v) is 7.80. The number of nitrogens with zero attached hydrogens (tertiary/aromatic N) is 2. The molecule has 146 valence electrons. The summed E-state index contributed by atoms with van der Waals surface area (Å²) < 4.78 is 5.45. The number of nitrogens with one attached hydrogen (secondary N) is 1. The average molecular weight is 380 g/mol. The van der Waals surface area contributed by atoms with Crippen LogP contribution in [0, 0.1) is 11.8 Å². The Balaban J connectivity index is 0.00000338. The number of hydrogen-bond donors (Lipinski definition) is 1. The number of methoxy groups -OCH3 is 1. The highest BCUT2D eigenvalue weighted by atomic mass is 35.5. The maximum absolute atomic E-state index is 5.45. The summed E-state index contributed by atoms with van der Waals surface area (Å²) in [6, 6.07) is 8.44. The van der Waals surface area contributed by atoms with Crippen LogP contribution >= 0.6 is 12.4 Å². The lowest BCUT2D eigenvalue weighted by atomic mass is 10.1. The molecule has 2 aromatic rings. The zero-order valence-electron chi connectivity index (χ0n) is 17.0. The van der Waals surface area contributed by atoms with Crippen molar-refractivity contribution in [3.8, 4) is 5.75 Å². The molecule has 4 nitrogen and oxygen atoms in total. The highest BCUT2D eigenvalue weighted by Crippen LogP contribution is 2.28. The highest BCUT2D eigenvalue weighted by molar-refractivity contribution is 5.91. The van der Waals surface area contributed by atoms with E-state index in [0.29, 0.717) is 17.9 Å². The van der Waals surface area contributed by atoms with Gasteiger partial charge in [0.2, 0.25) is 0 Å². The number of rotatable bonds is 9. The molecule has 0 aliphatic rings. The van der Waals surface area contributed by atoms with E-state index in [9.17, 15) is 0 Å². The van der Waals surface area contributed by atoms with Crippen LogP contribution in [-0.2, 0) is 0 Å². The fourth-order valence-corrected chi connectivity index (χ4v) is 3.35. The Morgan fingerprint density at radius 3 is 2.27 bits per heavy atom. The average Bonchev–Trinajstić information content (AvgIpc) is 2.53. The van der Waals surface area contributed by atoms with Crippen LogP contribution in [0.3, 0.4) is 0 Å². The highest BCUT2D eigenvalue weighted by Gasteiger charge is 2.15. The molecule has 1 heterocycles. The zero-order chi connectivity index (χ0) is 18.4. The van der Waals surface area contributed by atoms with Gasteiger partial charge in [-0.05, 0) is 30.9 Å². The molecule has 0 fully saturated rings. The number of fused-ring (bicyclic) bond motifs is 1. The van der Waals surface area contributed by atoms with Crippen LogP contribution in [0.2, 0.25) is 0 Å². The molecule has 0 radical (unpaired) electrons. The summed E-state index contributed by atoms with van der Waals surface area (Å²) in [5.41, 5.74) is 2.03. The minimum Gasteiger partial charge on any atom is -0.497 e. The van der Waals surface area contributed by atoms with E-state index in [-0.39, 0.29) is 12.4 Å². The van der Waals surface area contributed by atoms with E-state index in [1.54, 1.807) is 7.11 Å². The molecular formula is C21H34ClN3O. The molecule has 2 rings (SSSR count). The molecular weight excluding hydrogens is 346 g/mol. The SMILES string of the molecule is COc1cc(NC(C)CN(CC(C)C)CC(C)C)c2ncccc2c1.Cl. The second-order valence-electron chi connectivity index (χ2n) is 7.80. The summed E-state index contributed by atoms with van der Waals surface area (Å²) >= 11 is 0. The maximum Gasteiger partial charge on any atom is 0.121 e. The van der Waals surface area contributed by atoms with Crippen LogP contribution in [0.5, 0.6) is 5.75 Å². The van der Waals surface area contributed by atoms with Crippen LogP contribution in [0.15, 0.2) is 30.5 Å². The van der Waals surface area contributed by atoms with Gasteiger partial charge in [-0.15, -0.1) is 12.4 Å². The first-order chi connectivity index (χ1) is 11.9. The lowest BCUT2D eigenvalue weighted by Crippen LogP contribution is -2.39. The summed E-state index contributed by atoms with van der Waals surface area (Å²) in [4.78, 5) is 7.11. The van der Waals surface area contributed by atoms with Gasteiger partial charge in [0.05, 0.1) is 18.3 Å². The number of benzene rings is 1. The summed E-state index contributed by atoms with van der Waals surface area (Å²) in [5.74, 6) is 2.20. The van der Waals surface area contributed by atoms with Crippen molar-refractivity contribution in [1.29, 1.82) is 0 Å². The summed E-state index contributed by atoms with van der Waals surface area (Å²) in [5, 5.41) is 4.75. The van der Waals surface area contributed by atoms with E-state index >= 15 is 0 Å². The van der Waals surface area contributed by atoms with Gasteiger partial charge in [-0.1, -0.05) is 33.8 Å². The Morgan fingerprint density at radius 2 is 1.69 bits per heavy atom. The summed E-state index contributed by atoms with van der Waals surface area (Å²) in [6.45, 7) is 14.6. The summed E-state index contributed by atoms with van der Waals surface area (Å²) in [6.07, 6.45) is 1.84. The Morgan fingerprint density at radius 1 is 1.04 bits per heavy atom. The van der Waals surface area contributed by atoms with Crippen molar-refractivity contribution in [2.45, 2.75) is 40.7 Å². The Kier molecular flexibility index (Phi) is 9.17. The Hall–Kier alpha value is -1.52. The number of hydrogen-bond acceptors (Lipinski definition) is 4. The van der Waals surface area contributed by atoms with Gasteiger partial charge in [-0.2, -0.15) is 0 Å². The molecule has 0 aliphatic heterocycles. The first-order valence-corrected chi connectivity index (χ1v) is 9.30. The van der Waals surface area contributed by atoms with Gasteiger partial charge in [0.25, 0.3) is 0 Å².